The topological polar surface area (TPSA) is 59.2 Å². The lowest BCUT2D eigenvalue weighted by Gasteiger charge is -2.18. The maximum absolute atomic E-state index is 13.3. The second kappa shape index (κ2) is 8.49. The Kier molecular flexibility index (Phi) is 5.62. The number of furan rings is 1. The maximum atomic E-state index is 13.3. The van der Waals surface area contributed by atoms with Gasteiger partial charge in [0.25, 0.3) is 5.91 Å². The average molecular weight is 404 g/mol. The minimum atomic E-state index is -0.131. The number of nitrogens with zero attached hydrogens (tertiary/aromatic N) is 3. The molecule has 1 amide bonds. The summed E-state index contributed by atoms with van der Waals surface area (Å²) in [5, 5.41) is 1.62. The average Bonchev–Trinajstić information content (AvgIpc) is 3.12. The van der Waals surface area contributed by atoms with Gasteiger partial charge in [-0.2, -0.15) is 0 Å². The van der Waals surface area contributed by atoms with Gasteiger partial charge in [-0.1, -0.05) is 54.2 Å². The van der Waals surface area contributed by atoms with Crippen LogP contribution < -0.4 is 0 Å². The minimum Gasteiger partial charge on any atom is -0.451 e. The standard InChI is InChI=1S/C23H21N3O2S/c1-16-8-3-4-9-17(16)14-26(2)22(27)21-19(15-29-23-24-12-7-13-25-23)18-10-5-6-11-20(18)28-21/h3-13H,14-15H2,1-2H3. The van der Waals surface area contributed by atoms with Gasteiger partial charge >= 0.3 is 0 Å². The summed E-state index contributed by atoms with van der Waals surface area (Å²) in [5.74, 6) is 0.806. The zero-order valence-electron chi connectivity index (χ0n) is 16.3. The molecule has 2 aromatic heterocycles. The zero-order valence-corrected chi connectivity index (χ0v) is 17.1. The predicted molar refractivity (Wildman–Crippen MR) is 115 cm³/mol. The number of thioether (sulfide) groups is 1. The summed E-state index contributed by atoms with van der Waals surface area (Å²) in [6, 6.07) is 17.6. The van der Waals surface area contributed by atoms with Gasteiger partial charge in [0.2, 0.25) is 0 Å². The number of hydrogen-bond acceptors (Lipinski definition) is 5. The number of rotatable bonds is 6. The van der Waals surface area contributed by atoms with Crippen molar-refractivity contribution in [1.82, 2.24) is 14.9 Å². The SMILES string of the molecule is Cc1ccccc1CN(C)C(=O)c1oc2ccccc2c1CSc1ncccn1. The molecule has 4 rings (SSSR count). The zero-order chi connectivity index (χ0) is 20.2. The Bertz CT molecular complexity index is 1140. The third kappa shape index (κ3) is 4.17. The number of amides is 1. The number of para-hydroxylation sites is 1. The van der Waals surface area contributed by atoms with Crippen LogP contribution in [0.3, 0.4) is 0 Å². The van der Waals surface area contributed by atoms with Gasteiger partial charge < -0.3 is 9.32 Å². The van der Waals surface area contributed by atoms with E-state index in [1.165, 1.54) is 11.8 Å². The molecule has 0 N–H and O–H groups in total. The summed E-state index contributed by atoms with van der Waals surface area (Å²) in [6.07, 6.45) is 3.43. The van der Waals surface area contributed by atoms with Crippen LogP contribution in [-0.2, 0) is 12.3 Å². The number of carbonyl (C=O) groups excluding carboxylic acids is 1. The number of hydrogen-bond donors (Lipinski definition) is 0. The number of benzene rings is 2. The fraction of sp³-hybridized carbons (Fsp3) is 0.174. The highest BCUT2D eigenvalue weighted by Gasteiger charge is 2.24. The lowest BCUT2D eigenvalue weighted by atomic mass is 10.1. The quantitative estimate of drug-likeness (QED) is 0.331. The van der Waals surface area contributed by atoms with E-state index in [1.807, 2.05) is 42.5 Å². The molecular formula is C23H21N3O2S. The Hall–Kier alpha value is -3.12. The fourth-order valence-electron chi connectivity index (χ4n) is 3.20. The highest BCUT2D eigenvalue weighted by atomic mass is 32.2. The number of carbonyl (C=O) groups is 1. The van der Waals surface area contributed by atoms with Crippen LogP contribution in [0.4, 0.5) is 0 Å². The molecule has 0 saturated carbocycles. The summed E-state index contributed by atoms with van der Waals surface area (Å²) in [6.45, 7) is 2.58. The van der Waals surface area contributed by atoms with E-state index in [0.717, 1.165) is 22.1 Å². The van der Waals surface area contributed by atoms with E-state index >= 15 is 0 Å². The summed E-state index contributed by atoms with van der Waals surface area (Å²) in [7, 11) is 1.80. The molecule has 0 saturated heterocycles. The van der Waals surface area contributed by atoms with Crippen molar-refractivity contribution in [2.24, 2.45) is 0 Å². The van der Waals surface area contributed by atoms with Crippen molar-refractivity contribution in [3.63, 3.8) is 0 Å². The van der Waals surface area contributed by atoms with Crippen LogP contribution in [0.5, 0.6) is 0 Å². The van der Waals surface area contributed by atoms with E-state index in [-0.39, 0.29) is 5.91 Å². The van der Waals surface area contributed by atoms with Crippen LogP contribution in [0, 0.1) is 6.92 Å². The molecular weight excluding hydrogens is 382 g/mol. The van der Waals surface area contributed by atoms with Crippen LogP contribution >= 0.6 is 11.8 Å². The van der Waals surface area contributed by atoms with E-state index in [4.69, 9.17) is 4.42 Å². The van der Waals surface area contributed by atoms with Crippen molar-refractivity contribution in [3.8, 4) is 0 Å². The van der Waals surface area contributed by atoms with Crippen molar-refractivity contribution >= 4 is 28.6 Å². The predicted octanol–water partition coefficient (Wildman–Crippen LogP) is 5.10. The molecule has 2 heterocycles. The molecule has 0 unspecified atom stereocenters. The summed E-state index contributed by atoms with van der Waals surface area (Å²) in [5.41, 5.74) is 3.87. The third-order valence-electron chi connectivity index (χ3n) is 4.80. The fourth-order valence-corrected chi connectivity index (χ4v) is 4.03. The summed E-state index contributed by atoms with van der Waals surface area (Å²) in [4.78, 5) is 23.5. The van der Waals surface area contributed by atoms with Gasteiger partial charge in [0.15, 0.2) is 10.9 Å². The molecule has 0 radical (unpaired) electrons. The molecule has 4 aromatic rings. The highest BCUT2D eigenvalue weighted by Crippen LogP contribution is 2.31. The Morgan fingerprint density at radius 2 is 1.76 bits per heavy atom. The van der Waals surface area contributed by atoms with E-state index in [1.54, 1.807) is 30.4 Å². The number of aromatic nitrogens is 2. The van der Waals surface area contributed by atoms with Gasteiger partial charge in [-0.3, -0.25) is 4.79 Å². The molecule has 29 heavy (non-hydrogen) atoms. The molecule has 2 aromatic carbocycles. The molecule has 5 nitrogen and oxygen atoms in total. The Labute approximate surface area is 173 Å². The van der Waals surface area contributed by atoms with E-state index in [2.05, 4.69) is 23.0 Å². The van der Waals surface area contributed by atoms with Gasteiger partial charge in [-0.15, -0.1) is 0 Å². The third-order valence-corrected chi connectivity index (χ3v) is 5.70. The van der Waals surface area contributed by atoms with Gasteiger partial charge in [-0.05, 0) is 30.2 Å². The van der Waals surface area contributed by atoms with Crippen molar-refractivity contribution in [1.29, 1.82) is 0 Å². The van der Waals surface area contributed by atoms with Crippen molar-refractivity contribution in [2.45, 2.75) is 24.4 Å². The maximum Gasteiger partial charge on any atom is 0.289 e. The smallest absolute Gasteiger partial charge is 0.289 e. The lowest BCUT2D eigenvalue weighted by molar-refractivity contribution is 0.0754. The van der Waals surface area contributed by atoms with Crippen LogP contribution in [-0.4, -0.2) is 27.8 Å². The van der Waals surface area contributed by atoms with Gasteiger partial charge in [0, 0.05) is 42.7 Å². The Morgan fingerprint density at radius 1 is 1.03 bits per heavy atom. The Morgan fingerprint density at radius 3 is 2.55 bits per heavy atom. The summed E-state index contributed by atoms with van der Waals surface area (Å²) >= 11 is 1.49. The molecule has 146 valence electrons. The van der Waals surface area contributed by atoms with Crippen molar-refractivity contribution in [2.75, 3.05) is 7.05 Å². The monoisotopic (exact) mass is 403 g/mol. The first-order chi connectivity index (χ1) is 14.1. The second-order valence-corrected chi connectivity index (χ2v) is 7.76. The normalized spacial score (nSPS) is 11.0. The van der Waals surface area contributed by atoms with Gasteiger partial charge in [0.1, 0.15) is 5.58 Å². The highest BCUT2D eigenvalue weighted by molar-refractivity contribution is 7.98. The van der Waals surface area contributed by atoms with Crippen molar-refractivity contribution in [3.05, 3.63) is 89.4 Å². The molecule has 0 bridgehead atoms. The van der Waals surface area contributed by atoms with E-state index in [0.29, 0.717) is 28.8 Å². The molecule has 0 fully saturated rings. The van der Waals surface area contributed by atoms with Gasteiger partial charge in [-0.25, -0.2) is 9.97 Å². The van der Waals surface area contributed by atoms with Crippen LogP contribution in [0.2, 0.25) is 0 Å². The summed E-state index contributed by atoms with van der Waals surface area (Å²) < 4.78 is 5.99. The molecule has 0 spiro atoms. The van der Waals surface area contributed by atoms with Crippen LogP contribution in [0.1, 0.15) is 27.2 Å². The lowest BCUT2D eigenvalue weighted by Crippen LogP contribution is -2.27. The second-order valence-electron chi connectivity index (χ2n) is 6.81. The van der Waals surface area contributed by atoms with E-state index in [9.17, 15) is 4.79 Å². The molecule has 6 heteroatoms. The van der Waals surface area contributed by atoms with E-state index < -0.39 is 0 Å². The molecule has 0 atom stereocenters. The molecule has 0 aliphatic carbocycles. The molecule has 0 aliphatic heterocycles. The minimum absolute atomic E-state index is 0.131. The van der Waals surface area contributed by atoms with Crippen LogP contribution in [0.25, 0.3) is 11.0 Å². The van der Waals surface area contributed by atoms with Gasteiger partial charge in [0.05, 0.1) is 0 Å². The largest absolute Gasteiger partial charge is 0.451 e. The first kappa shape index (κ1) is 19.2. The first-order valence-electron chi connectivity index (χ1n) is 9.33. The number of fused-ring (bicyclic) bond motifs is 1. The Balaban J connectivity index is 1.63. The van der Waals surface area contributed by atoms with Crippen molar-refractivity contribution < 1.29 is 9.21 Å². The van der Waals surface area contributed by atoms with Crippen LogP contribution in [0.15, 0.2) is 76.6 Å². The number of aryl methyl sites for hydroxylation is 1. The first-order valence-corrected chi connectivity index (χ1v) is 10.3. The molecule has 0 aliphatic rings.